The zero-order valence-corrected chi connectivity index (χ0v) is 8.34. The molecule has 1 N–H and O–H groups in total. The van der Waals surface area contributed by atoms with Gasteiger partial charge < -0.3 is 9.84 Å². The molecule has 0 spiro atoms. The molecule has 1 aromatic carbocycles. The van der Waals surface area contributed by atoms with Crippen molar-refractivity contribution in [2.45, 2.75) is 5.92 Å². The minimum absolute atomic E-state index is 0.405. The van der Waals surface area contributed by atoms with Gasteiger partial charge in [0.1, 0.15) is 0 Å². The van der Waals surface area contributed by atoms with Gasteiger partial charge in [0.25, 0.3) is 0 Å². The molecular weight excluding hydrogens is 196 g/mol. The number of ketones is 1. The predicted molar refractivity (Wildman–Crippen MR) is 53.3 cm³/mol. The second-order valence-corrected chi connectivity index (χ2v) is 3.00. The summed E-state index contributed by atoms with van der Waals surface area (Å²) in [6, 6.07) is 8.63. The van der Waals surface area contributed by atoms with Crippen molar-refractivity contribution in [1.29, 1.82) is 0 Å². The quantitative estimate of drug-likeness (QED) is 0.578. The third-order valence-corrected chi connectivity index (χ3v) is 2.09. The smallest absolute Gasteiger partial charge is 0.375 e. The SMILES string of the molecule is COC(=O)C(=O)[C@@H](CO)c1ccccc1. The summed E-state index contributed by atoms with van der Waals surface area (Å²) in [6.07, 6.45) is 0. The third-order valence-electron chi connectivity index (χ3n) is 2.09. The largest absolute Gasteiger partial charge is 0.463 e. The number of aliphatic hydroxyl groups is 1. The first kappa shape index (κ1) is 11.4. The van der Waals surface area contributed by atoms with E-state index in [2.05, 4.69) is 4.74 Å². The summed E-state index contributed by atoms with van der Waals surface area (Å²) >= 11 is 0. The normalized spacial score (nSPS) is 11.9. The Bertz CT molecular complexity index is 345. The number of carbonyl (C=O) groups excluding carboxylic acids is 2. The summed E-state index contributed by atoms with van der Waals surface area (Å²) in [7, 11) is 1.14. The van der Waals surface area contributed by atoms with E-state index in [0.29, 0.717) is 5.56 Å². The van der Waals surface area contributed by atoms with Crippen LogP contribution < -0.4 is 0 Å². The molecule has 0 bridgehead atoms. The second-order valence-electron chi connectivity index (χ2n) is 3.00. The van der Waals surface area contributed by atoms with Gasteiger partial charge in [-0.25, -0.2) is 4.79 Å². The van der Waals surface area contributed by atoms with Crippen LogP contribution in [0.2, 0.25) is 0 Å². The van der Waals surface area contributed by atoms with Crippen LogP contribution in [0.4, 0.5) is 0 Å². The number of rotatable bonds is 4. The summed E-state index contributed by atoms with van der Waals surface area (Å²) in [4.78, 5) is 22.5. The van der Waals surface area contributed by atoms with Crippen LogP contribution in [0.15, 0.2) is 30.3 Å². The molecule has 0 aromatic heterocycles. The number of hydrogen-bond donors (Lipinski definition) is 1. The summed E-state index contributed by atoms with van der Waals surface area (Å²) < 4.78 is 4.32. The monoisotopic (exact) mass is 208 g/mol. The van der Waals surface area contributed by atoms with Crippen LogP contribution >= 0.6 is 0 Å². The molecule has 0 saturated carbocycles. The van der Waals surface area contributed by atoms with Crippen molar-refractivity contribution in [3.8, 4) is 0 Å². The zero-order valence-electron chi connectivity index (χ0n) is 8.34. The average molecular weight is 208 g/mol. The highest BCUT2D eigenvalue weighted by Crippen LogP contribution is 2.16. The molecule has 1 aromatic rings. The maximum atomic E-state index is 11.5. The molecule has 0 aliphatic carbocycles. The number of hydrogen-bond acceptors (Lipinski definition) is 4. The molecule has 0 aliphatic heterocycles. The molecule has 0 radical (unpaired) electrons. The Morgan fingerprint density at radius 2 is 1.93 bits per heavy atom. The Hall–Kier alpha value is -1.68. The lowest BCUT2D eigenvalue weighted by atomic mass is 9.96. The Labute approximate surface area is 87.5 Å². The highest BCUT2D eigenvalue weighted by atomic mass is 16.5. The second kappa shape index (κ2) is 5.26. The molecule has 15 heavy (non-hydrogen) atoms. The van der Waals surface area contributed by atoms with E-state index >= 15 is 0 Å². The van der Waals surface area contributed by atoms with Gasteiger partial charge in [0.2, 0.25) is 5.78 Å². The van der Waals surface area contributed by atoms with Gasteiger partial charge >= 0.3 is 5.97 Å². The van der Waals surface area contributed by atoms with Crippen molar-refractivity contribution in [2.75, 3.05) is 13.7 Å². The highest BCUT2D eigenvalue weighted by Gasteiger charge is 2.26. The first-order valence-corrected chi connectivity index (χ1v) is 4.48. The van der Waals surface area contributed by atoms with Crippen LogP contribution in [0.25, 0.3) is 0 Å². The van der Waals surface area contributed by atoms with Gasteiger partial charge in [-0.1, -0.05) is 30.3 Å². The lowest BCUT2D eigenvalue weighted by Gasteiger charge is -2.11. The van der Waals surface area contributed by atoms with Crippen molar-refractivity contribution in [3.63, 3.8) is 0 Å². The van der Waals surface area contributed by atoms with Gasteiger partial charge in [-0.3, -0.25) is 4.79 Å². The van der Waals surface area contributed by atoms with Crippen LogP contribution in [0.3, 0.4) is 0 Å². The first-order chi connectivity index (χ1) is 7.20. The molecule has 0 amide bonds. The highest BCUT2D eigenvalue weighted by molar-refractivity contribution is 6.35. The lowest BCUT2D eigenvalue weighted by molar-refractivity contribution is -0.152. The fourth-order valence-electron chi connectivity index (χ4n) is 1.27. The maximum absolute atomic E-state index is 11.5. The molecule has 80 valence electrons. The van der Waals surface area contributed by atoms with E-state index < -0.39 is 24.3 Å². The summed E-state index contributed by atoms with van der Waals surface area (Å²) in [5, 5.41) is 9.07. The van der Waals surface area contributed by atoms with E-state index in [4.69, 9.17) is 5.11 Å². The molecule has 4 nitrogen and oxygen atoms in total. The fourth-order valence-corrected chi connectivity index (χ4v) is 1.27. The topological polar surface area (TPSA) is 63.6 Å². The number of Topliss-reactive ketones (excluding diaryl/α,β-unsaturated/α-hetero) is 1. The van der Waals surface area contributed by atoms with Gasteiger partial charge in [-0.2, -0.15) is 0 Å². The third kappa shape index (κ3) is 2.63. The van der Waals surface area contributed by atoms with Crippen molar-refractivity contribution in [1.82, 2.24) is 0 Å². The van der Waals surface area contributed by atoms with E-state index in [1.165, 1.54) is 0 Å². The van der Waals surface area contributed by atoms with Gasteiger partial charge in [-0.05, 0) is 5.56 Å². The minimum Gasteiger partial charge on any atom is -0.463 e. The predicted octanol–water partition coefficient (Wildman–Crippen LogP) is 0.505. The zero-order chi connectivity index (χ0) is 11.3. The maximum Gasteiger partial charge on any atom is 0.375 e. The Balaban J connectivity index is 2.90. The lowest BCUT2D eigenvalue weighted by Crippen LogP contribution is -2.25. The first-order valence-electron chi connectivity index (χ1n) is 4.48. The Morgan fingerprint density at radius 1 is 1.33 bits per heavy atom. The van der Waals surface area contributed by atoms with E-state index in [1.54, 1.807) is 30.3 Å². The minimum atomic E-state index is -0.932. The summed E-state index contributed by atoms with van der Waals surface area (Å²) in [6.45, 7) is -0.405. The van der Waals surface area contributed by atoms with Crippen molar-refractivity contribution >= 4 is 11.8 Å². The van der Waals surface area contributed by atoms with Crippen LogP contribution in [0.5, 0.6) is 0 Å². The van der Waals surface area contributed by atoms with Crippen molar-refractivity contribution < 1.29 is 19.4 Å². The van der Waals surface area contributed by atoms with Gasteiger partial charge in [0.05, 0.1) is 19.6 Å². The van der Waals surface area contributed by atoms with E-state index in [1.807, 2.05) is 0 Å². The van der Waals surface area contributed by atoms with Gasteiger partial charge in [0.15, 0.2) is 0 Å². The van der Waals surface area contributed by atoms with Gasteiger partial charge in [0, 0.05) is 0 Å². The molecule has 0 fully saturated rings. The van der Waals surface area contributed by atoms with Crippen LogP contribution in [0.1, 0.15) is 11.5 Å². The number of aliphatic hydroxyl groups excluding tert-OH is 1. The van der Waals surface area contributed by atoms with Crippen LogP contribution in [0, 0.1) is 0 Å². The Morgan fingerprint density at radius 3 is 2.40 bits per heavy atom. The molecule has 0 unspecified atom stereocenters. The molecule has 1 rings (SSSR count). The van der Waals surface area contributed by atoms with Gasteiger partial charge in [-0.15, -0.1) is 0 Å². The summed E-state index contributed by atoms with van der Waals surface area (Å²) in [5.41, 5.74) is 0.607. The molecule has 0 saturated heterocycles. The standard InChI is InChI=1S/C11H12O4/c1-15-11(14)10(13)9(7-12)8-5-3-2-4-6-8/h2-6,9,12H,7H2,1H3/t9-/m0/s1. The number of ether oxygens (including phenoxy) is 1. The number of benzene rings is 1. The molecule has 4 heteroatoms. The molecule has 1 atom stereocenters. The fraction of sp³-hybridized carbons (Fsp3) is 0.273. The van der Waals surface area contributed by atoms with Crippen LogP contribution in [-0.4, -0.2) is 30.6 Å². The molecular formula is C11H12O4. The van der Waals surface area contributed by atoms with E-state index in [9.17, 15) is 9.59 Å². The van der Waals surface area contributed by atoms with E-state index in [-0.39, 0.29) is 0 Å². The number of carbonyl (C=O) groups is 2. The van der Waals surface area contributed by atoms with Crippen LogP contribution in [-0.2, 0) is 14.3 Å². The number of esters is 1. The van der Waals surface area contributed by atoms with Crippen molar-refractivity contribution in [3.05, 3.63) is 35.9 Å². The summed E-state index contributed by atoms with van der Waals surface area (Å²) in [5.74, 6) is -2.50. The van der Waals surface area contributed by atoms with E-state index in [0.717, 1.165) is 7.11 Å². The average Bonchev–Trinajstić information content (AvgIpc) is 2.30. The number of methoxy groups -OCH3 is 1. The Kier molecular flexibility index (Phi) is 4.00. The van der Waals surface area contributed by atoms with Crippen molar-refractivity contribution in [2.24, 2.45) is 0 Å². The molecule has 0 aliphatic rings. The molecule has 0 heterocycles.